The third-order valence-electron chi connectivity index (χ3n) is 3.31. The monoisotopic (exact) mass is 320 g/mol. The first-order valence-electron chi connectivity index (χ1n) is 7.10. The van der Waals surface area contributed by atoms with Crippen molar-refractivity contribution in [3.8, 4) is 17.1 Å². The van der Waals surface area contributed by atoms with E-state index in [1.165, 1.54) is 16.4 Å². The molecule has 2 aromatic rings. The molecule has 0 aliphatic rings. The van der Waals surface area contributed by atoms with Gasteiger partial charge < -0.3 is 14.8 Å². The van der Waals surface area contributed by atoms with Gasteiger partial charge in [-0.05, 0) is 24.3 Å². The highest BCUT2D eigenvalue weighted by Crippen LogP contribution is 2.19. The normalized spacial score (nSPS) is 10.6. The zero-order valence-corrected chi connectivity index (χ0v) is 13.4. The van der Waals surface area contributed by atoms with Gasteiger partial charge in [0, 0.05) is 26.3 Å². The summed E-state index contributed by atoms with van der Waals surface area (Å²) in [5, 5.41) is 6.98. The first-order chi connectivity index (χ1) is 11.1. The molecule has 0 saturated heterocycles. The fraction of sp³-hybridized carbons (Fsp3) is 0.400. The number of ether oxygens (including phenoxy) is 2. The molecule has 0 spiro atoms. The molecule has 1 amide bonds. The lowest BCUT2D eigenvalue weighted by molar-refractivity contribution is -0.124. The van der Waals surface area contributed by atoms with E-state index in [9.17, 15) is 9.59 Å². The molecule has 0 aliphatic heterocycles. The van der Waals surface area contributed by atoms with Crippen LogP contribution in [0.4, 0.5) is 0 Å². The highest BCUT2D eigenvalue weighted by molar-refractivity contribution is 5.77. The molecule has 1 aromatic heterocycles. The predicted molar refractivity (Wildman–Crippen MR) is 84.3 cm³/mol. The Balaban J connectivity index is 2.11. The molecule has 1 aromatic carbocycles. The predicted octanol–water partition coefficient (Wildman–Crippen LogP) is 0.0200. The lowest BCUT2D eigenvalue weighted by Crippen LogP contribution is -2.33. The molecule has 23 heavy (non-hydrogen) atoms. The average molecular weight is 320 g/mol. The Morgan fingerprint density at radius 1 is 1.26 bits per heavy atom. The molecule has 0 fully saturated rings. The summed E-state index contributed by atoms with van der Waals surface area (Å²) in [6.07, 6.45) is 0. The Labute approximate surface area is 133 Å². The standard InChI is InChI=1S/C15H20N4O4/c1-18-14(11-4-6-12(23-3)7-5-11)17-19(15(18)21)9-8-16-13(20)10-22-2/h4-7H,8-10H2,1-3H3,(H,16,20). The molecule has 124 valence electrons. The van der Waals surface area contributed by atoms with E-state index in [2.05, 4.69) is 10.4 Å². The van der Waals surface area contributed by atoms with Crippen LogP contribution < -0.4 is 15.7 Å². The van der Waals surface area contributed by atoms with Crippen LogP contribution >= 0.6 is 0 Å². The maximum absolute atomic E-state index is 12.2. The van der Waals surface area contributed by atoms with E-state index in [0.29, 0.717) is 12.4 Å². The highest BCUT2D eigenvalue weighted by atomic mass is 16.5. The second-order valence-corrected chi connectivity index (χ2v) is 4.90. The topological polar surface area (TPSA) is 87.4 Å². The number of carbonyl (C=O) groups excluding carboxylic acids is 1. The minimum Gasteiger partial charge on any atom is -0.497 e. The lowest BCUT2D eigenvalue weighted by Gasteiger charge is -2.03. The van der Waals surface area contributed by atoms with Gasteiger partial charge in [-0.3, -0.25) is 9.36 Å². The van der Waals surface area contributed by atoms with Gasteiger partial charge in [-0.15, -0.1) is 5.10 Å². The Hall–Kier alpha value is -2.61. The van der Waals surface area contributed by atoms with Gasteiger partial charge >= 0.3 is 5.69 Å². The SMILES string of the molecule is COCC(=O)NCCn1nc(-c2ccc(OC)cc2)n(C)c1=O. The molecule has 0 radical (unpaired) electrons. The highest BCUT2D eigenvalue weighted by Gasteiger charge is 2.12. The third kappa shape index (κ3) is 3.98. The molecular weight excluding hydrogens is 300 g/mol. The minimum absolute atomic E-state index is 0.00574. The van der Waals surface area contributed by atoms with Crippen molar-refractivity contribution in [1.82, 2.24) is 19.7 Å². The van der Waals surface area contributed by atoms with Gasteiger partial charge in [-0.2, -0.15) is 0 Å². The van der Waals surface area contributed by atoms with Crippen LogP contribution in [0.25, 0.3) is 11.4 Å². The van der Waals surface area contributed by atoms with Crippen molar-refractivity contribution in [2.24, 2.45) is 7.05 Å². The summed E-state index contributed by atoms with van der Waals surface area (Å²) >= 11 is 0. The molecule has 0 saturated carbocycles. The quantitative estimate of drug-likeness (QED) is 0.777. The van der Waals surface area contributed by atoms with Crippen molar-refractivity contribution in [2.75, 3.05) is 27.4 Å². The lowest BCUT2D eigenvalue weighted by atomic mass is 10.2. The molecule has 0 unspecified atom stereocenters. The zero-order valence-electron chi connectivity index (χ0n) is 13.4. The number of rotatable bonds is 7. The van der Waals surface area contributed by atoms with Gasteiger partial charge in [-0.1, -0.05) is 0 Å². The first kappa shape index (κ1) is 16.8. The number of methoxy groups -OCH3 is 2. The second-order valence-electron chi connectivity index (χ2n) is 4.90. The Bertz CT molecular complexity index is 718. The molecule has 8 heteroatoms. The number of carbonyl (C=O) groups is 1. The largest absolute Gasteiger partial charge is 0.497 e. The Morgan fingerprint density at radius 3 is 2.57 bits per heavy atom. The van der Waals surface area contributed by atoms with Crippen LogP contribution in [0.2, 0.25) is 0 Å². The van der Waals surface area contributed by atoms with Gasteiger partial charge in [0.05, 0.1) is 13.7 Å². The van der Waals surface area contributed by atoms with Crippen LogP contribution in [0, 0.1) is 0 Å². The number of benzene rings is 1. The number of amides is 1. The van der Waals surface area contributed by atoms with Crippen LogP contribution in [0.15, 0.2) is 29.1 Å². The maximum atomic E-state index is 12.2. The van der Waals surface area contributed by atoms with Gasteiger partial charge in [0.2, 0.25) is 5.91 Å². The first-order valence-corrected chi connectivity index (χ1v) is 7.10. The number of aromatic nitrogens is 3. The number of nitrogens with zero attached hydrogens (tertiary/aromatic N) is 3. The van der Waals surface area contributed by atoms with E-state index in [0.717, 1.165) is 11.3 Å². The van der Waals surface area contributed by atoms with Crippen molar-refractivity contribution < 1.29 is 14.3 Å². The van der Waals surface area contributed by atoms with E-state index in [1.54, 1.807) is 14.2 Å². The van der Waals surface area contributed by atoms with Crippen LogP contribution in [-0.4, -0.2) is 47.6 Å². The minimum atomic E-state index is -0.239. The third-order valence-corrected chi connectivity index (χ3v) is 3.31. The summed E-state index contributed by atoms with van der Waals surface area (Å²) < 4.78 is 12.6. The summed E-state index contributed by atoms with van der Waals surface area (Å²) in [4.78, 5) is 23.5. The summed E-state index contributed by atoms with van der Waals surface area (Å²) in [6, 6.07) is 7.30. The zero-order chi connectivity index (χ0) is 16.8. The summed E-state index contributed by atoms with van der Waals surface area (Å²) in [5.74, 6) is 1.06. The molecule has 2 rings (SSSR count). The maximum Gasteiger partial charge on any atom is 0.345 e. The van der Waals surface area contributed by atoms with Crippen molar-refractivity contribution in [2.45, 2.75) is 6.54 Å². The second kappa shape index (κ2) is 7.59. The van der Waals surface area contributed by atoms with Crippen LogP contribution in [0.1, 0.15) is 0 Å². The smallest absolute Gasteiger partial charge is 0.345 e. The van der Waals surface area contributed by atoms with Gasteiger partial charge in [0.15, 0.2) is 5.82 Å². The number of nitrogens with one attached hydrogen (secondary N) is 1. The van der Waals surface area contributed by atoms with Gasteiger partial charge in [0.1, 0.15) is 12.4 Å². The number of hydrogen-bond donors (Lipinski definition) is 1. The number of hydrogen-bond acceptors (Lipinski definition) is 5. The fourth-order valence-corrected chi connectivity index (χ4v) is 2.11. The summed E-state index contributed by atoms with van der Waals surface area (Å²) in [7, 11) is 4.70. The van der Waals surface area contributed by atoms with E-state index in [4.69, 9.17) is 9.47 Å². The molecule has 0 atom stereocenters. The fourth-order valence-electron chi connectivity index (χ4n) is 2.11. The molecule has 0 bridgehead atoms. The van der Waals surface area contributed by atoms with E-state index >= 15 is 0 Å². The molecule has 1 heterocycles. The van der Waals surface area contributed by atoms with E-state index < -0.39 is 0 Å². The van der Waals surface area contributed by atoms with Crippen LogP contribution in [-0.2, 0) is 23.1 Å². The van der Waals surface area contributed by atoms with Crippen LogP contribution in [0.5, 0.6) is 5.75 Å². The van der Waals surface area contributed by atoms with Gasteiger partial charge in [0.25, 0.3) is 0 Å². The summed E-state index contributed by atoms with van der Waals surface area (Å²) in [5.41, 5.74) is 0.573. The van der Waals surface area contributed by atoms with Crippen molar-refractivity contribution >= 4 is 5.91 Å². The van der Waals surface area contributed by atoms with E-state index in [-0.39, 0.29) is 24.7 Å². The molecule has 1 N–H and O–H groups in total. The van der Waals surface area contributed by atoms with Crippen molar-refractivity contribution in [3.63, 3.8) is 0 Å². The average Bonchev–Trinajstić information content (AvgIpc) is 2.84. The van der Waals surface area contributed by atoms with Gasteiger partial charge in [-0.25, -0.2) is 9.48 Å². The Kier molecular flexibility index (Phi) is 5.53. The van der Waals surface area contributed by atoms with Crippen LogP contribution in [0.3, 0.4) is 0 Å². The van der Waals surface area contributed by atoms with E-state index in [1.807, 2.05) is 24.3 Å². The molecule has 8 nitrogen and oxygen atoms in total. The molecule has 0 aliphatic carbocycles. The summed E-state index contributed by atoms with van der Waals surface area (Å²) in [6.45, 7) is 0.591. The van der Waals surface area contributed by atoms with Crippen molar-refractivity contribution in [1.29, 1.82) is 0 Å². The van der Waals surface area contributed by atoms with Crippen molar-refractivity contribution in [3.05, 3.63) is 34.7 Å². The Morgan fingerprint density at radius 2 is 1.96 bits per heavy atom. The molecular formula is C15H20N4O4.